The van der Waals surface area contributed by atoms with Crippen molar-refractivity contribution in [2.45, 2.75) is 25.7 Å². The molecule has 0 saturated carbocycles. The molecule has 0 saturated heterocycles. The van der Waals surface area contributed by atoms with Crippen LogP contribution in [0.15, 0.2) is 133 Å². The maximum absolute atomic E-state index is 5.07. The lowest BCUT2D eigenvalue weighted by Gasteiger charge is -2.46. The van der Waals surface area contributed by atoms with Crippen LogP contribution in [-0.2, 0) is 11.8 Å². The quantitative estimate of drug-likeness (QED) is 0.194. The molecule has 8 aromatic rings. The molecule has 4 nitrogen and oxygen atoms in total. The van der Waals surface area contributed by atoms with E-state index < -0.39 is 0 Å². The molecule has 0 aliphatic carbocycles. The molecule has 0 spiro atoms. The second kappa shape index (κ2) is 10.2. The number of aromatic nitrogens is 3. The maximum atomic E-state index is 5.07. The molecule has 0 unspecified atom stereocenters. The van der Waals surface area contributed by atoms with Gasteiger partial charge >= 0.3 is 0 Å². The Morgan fingerprint density at radius 2 is 1.19 bits per heavy atom. The third-order valence-corrected chi connectivity index (χ3v) is 11.3. The van der Waals surface area contributed by atoms with Crippen LogP contribution in [0, 0.1) is 0 Å². The fourth-order valence-electron chi connectivity index (χ4n) is 7.70. The van der Waals surface area contributed by atoms with Gasteiger partial charge in [-0.2, -0.15) is 0 Å². The molecule has 0 fully saturated rings. The van der Waals surface area contributed by atoms with Gasteiger partial charge in [0.2, 0.25) is 0 Å². The van der Waals surface area contributed by atoms with E-state index in [1.165, 1.54) is 59.5 Å². The van der Waals surface area contributed by atoms with Crippen LogP contribution in [0.3, 0.4) is 0 Å². The Labute approximate surface area is 283 Å². The molecular weight excluding hydrogens is 605 g/mol. The van der Waals surface area contributed by atoms with Gasteiger partial charge in [0.25, 0.3) is 0 Å². The normalized spacial score (nSPS) is 14.1. The molecule has 228 valence electrons. The monoisotopic (exact) mass is 634 g/mol. The summed E-state index contributed by atoms with van der Waals surface area (Å²) in [6, 6.07) is 47.4. The molecule has 5 heteroatoms. The standard InChI is InChI=1S/C43H30N4S/c1-43(2)33-24-29(42-45-40(26-13-5-3-6-14-26)44-41(46-42)27-15-7-4-8-16-27)21-22-36(33)47-35-19-11-9-17-28(35)23-32-38(47)34(43)25-31-30-18-10-12-20-37(30)48-39(31)32/h3-22,24-25H,23H2,1-2H3. The van der Waals surface area contributed by atoms with Gasteiger partial charge in [0.05, 0.1) is 11.4 Å². The number of para-hydroxylation sites is 1. The van der Waals surface area contributed by atoms with Crippen LogP contribution in [0.5, 0.6) is 0 Å². The zero-order chi connectivity index (χ0) is 32.0. The molecule has 0 N–H and O–H groups in total. The van der Waals surface area contributed by atoms with Crippen LogP contribution in [0.25, 0.3) is 54.3 Å². The molecule has 2 aliphatic heterocycles. The van der Waals surface area contributed by atoms with E-state index in [1.54, 1.807) is 0 Å². The summed E-state index contributed by atoms with van der Waals surface area (Å²) in [7, 11) is 0. The van der Waals surface area contributed by atoms with Crippen molar-refractivity contribution in [1.82, 2.24) is 15.0 Å². The molecule has 2 aromatic heterocycles. The van der Waals surface area contributed by atoms with Crippen molar-refractivity contribution in [3.05, 3.63) is 156 Å². The number of hydrogen-bond acceptors (Lipinski definition) is 5. The first-order chi connectivity index (χ1) is 23.5. The van der Waals surface area contributed by atoms with Gasteiger partial charge in [-0.25, -0.2) is 15.0 Å². The summed E-state index contributed by atoms with van der Waals surface area (Å²) < 4.78 is 2.74. The van der Waals surface area contributed by atoms with Crippen molar-refractivity contribution >= 4 is 48.6 Å². The first-order valence-electron chi connectivity index (χ1n) is 16.4. The predicted octanol–water partition coefficient (Wildman–Crippen LogP) is 11.3. The fourth-order valence-corrected chi connectivity index (χ4v) is 8.93. The summed E-state index contributed by atoms with van der Waals surface area (Å²) >= 11 is 1.93. The minimum absolute atomic E-state index is 0.271. The molecule has 2 aliphatic rings. The van der Waals surface area contributed by atoms with Crippen molar-refractivity contribution < 1.29 is 0 Å². The lowest BCUT2D eigenvalue weighted by atomic mass is 9.70. The molecule has 48 heavy (non-hydrogen) atoms. The lowest BCUT2D eigenvalue weighted by Crippen LogP contribution is -2.33. The van der Waals surface area contributed by atoms with Gasteiger partial charge in [0, 0.05) is 54.4 Å². The van der Waals surface area contributed by atoms with Crippen LogP contribution in [0.2, 0.25) is 0 Å². The number of thiophene rings is 1. The third-order valence-electron chi connectivity index (χ3n) is 10.1. The summed E-state index contributed by atoms with van der Waals surface area (Å²) in [4.78, 5) is 17.6. The Morgan fingerprint density at radius 1 is 0.562 bits per heavy atom. The highest BCUT2D eigenvalue weighted by molar-refractivity contribution is 7.26. The van der Waals surface area contributed by atoms with Gasteiger partial charge < -0.3 is 4.90 Å². The number of benzene rings is 6. The molecule has 10 rings (SSSR count). The van der Waals surface area contributed by atoms with E-state index in [-0.39, 0.29) is 5.41 Å². The molecule has 0 bridgehead atoms. The number of rotatable bonds is 3. The first kappa shape index (κ1) is 27.5. The SMILES string of the molecule is CC1(C)c2cc(-c3nc(-c4ccccc4)nc(-c4ccccc4)n3)ccc2N2c3ccccc3Cc3c2c1cc1c3sc2ccccc21. The molecule has 6 aromatic carbocycles. The van der Waals surface area contributed by atoms with Crippen molar-refractivity contribution in [2.75, 3.05) is 4.90 Å². The van der Waals surface area contributed by atoms with Crippen molar-refractivity contribution in [3.63, 3.8) is 0 Å². The second-order valence-corrected chi connectivity index (χ2v) is 14.3. The van der Waals surface area contributed by atoms with Crippen molar-refractivity contribution in [2.24, 2.45) is 0 Å². The van der Waals surface area contributed by atoms with Crippen LogP contribution < -0.4 is 4.90 Å². The Hall–Kier alpha value is -5.65. The van der Waals surface area contributed by atoms with Crippen LogP contribution in [0.4, 0.5) is 17.1 Å². The molecular formula is C43H30N4S. The zero-order valence-electron chi connectivity index (χ0n) is 26.6. The highest BCUT2D eigenvalue weighted by Crippen LogP contribution is 2.59. The van der Waals surface area contributed by atoms with Crippen molar-refractivity contribution in [1.29, 1.82) is 0 Å². The maximum Gasteiger partial charge on any atom is 0.164 e. The van der Waals surface area contributed by atoms with Gasteiger partial charge in [-0.1, -0.05) is 111 Å². The van der Waals surface area contributed by atoms with E-state index in [0.717, 1.165) is 23.1 Å². The van der Waals surface area contributed by atoms with E-state index in [0.29, 0.717) is 17.5 Å². The van der Waals surface area contributed by atoms with E-state index in [4.69, 9.17) is 15.0 Å². The average molecular weight is 635 g/mol. The van der Waals surface area contributed by atoms with Crippen molar-refractivity contribution in [3.8, 4) is 34.2 Å². The zero-order valence-corrected chi connectivity index (χ0v) is 27.4. The second-order valence-electron chi connectivity index (χ2n) is 13.3. The largest absolute Gasteiger partial charge is 0.309 e. The van der Waals surface area contributed by atoms with Crippen LogP contribution in [-0.4, -0.2) is 15.0 Å². The fraction of sp³-hybridized carbons (Fsp3) is 0.0930. The first-order valence-corrected chi connectivity index (χ1v) is 17.2. The topological polar surface area (TPSA) is 41.9 Å². The smallest absolute Gasteiger partial charge is 0.164 e. The molecule has 0 amide bonds. The van der Waals surface area contributed by atoms with E-state index >= 15 is 0 Å². The number of hydrogen-bond donors (Lipinski definition) is 0. The Bertz CT molecular complexity index is 2510. The highest BCUT2D eigenvalue weighted by atomic mass is 32.1. The third kappa shape index (κ3) is 3.98. The minimum atomic E-state index is -0.271. The predicted molar refractivity (Wildman–Crippen MR) is 199 cm³/mol. The summed E-state index contributed by atoms with van der Waals surface area (Å²) in [5, 5.41) is 2.69. The average Bonchev–Trinajstić information content (AvgIpc) is 3.52. The van der Waals surface area contributed by atoms with Gasteiger partial charge in [-0.3, -0.25) is 0 Å². The summed E-state index contributed by atoms with van der Waals surface area (Å²) in [6.07, 6.45) is 0.929. The van der Waals surface area contributed by atoms with E-state index in [2.05, 4.69) is 116 Å². The van der Waals surface area contributed by atoms with E-state index in [1.807, 2.05) is 47.7 Å². The lowest BCUT2D eigenvalue weighted by molar-refractivity contribution is 0.631. The summed E-state index contributed by atoms with van der Waals surface area (Å²) in [5.41, 5.74) is 11.9. The minimum Gasteiger partial charge on any atom is -0.309 e. The Morgan fingerprint density at radius 3 is 1.92 bits per heavy atom. The van der Waals surface area contributed by atoms with Gasteiger partial charge in [0.15, 0.2) is 17.5 Å². The van der Waals surface area contributed by atoms with Gasteiger partial charge in [-0.05, 0) is 58.7 Å². The van der Waals surface area contributed by atoms with Gasteiger partial charge in [0.1, 0.15) is 0 Å². The van der Waals surface area contributed by atoms with Crippen LogP contribution >= 0.6 is 11.3 Å². The highest BCUT2D eigenvalue weighted by Gasteiger charge is 2.42. The summed E-state index contributed by atoms with van der Waals surface area (Å²) in [5.74, 6) is 2.01. The number of nitrogens with zero attached hydrogens (tertiary/aromatic N) is 4. The molecule has 0 atom stereocenters. The number of anilines is 3. The Kier molecular flexibility index (Phi) is 5.82. The molecule has 4 heterocycles. The van der Waals surface area contributed by atoms with E-state index in [9.17, 15) is 0 Å². The van der Waals surface area contributed by atoms with Gasteiger partial charge in [-0.15, -0.1) is 11.3 Å². The summed E-state index contributed by atoms with van der Waals surface area (Å²) in [6.45, 7) is 4.75. The Balaban J connectivity index is 1.22. The van der Waals surface area contributed by atoms with Crippen LogP contribution in [0.1, 0.15) is 36.1 Å². The molecule has 0 radical (unpaired) electrons. The number of fused-ring (bicyclic) bond motifs is 8.